The fourth-order valence-electron chi connectivity index (χ4n) is 2.66. The van der Waals surface area contributed by atoms with Crippen LogP contribution in [0.4, 0.5) is 5.69 Å². The van der Waals surface area contributed by atoms with Gasteiger partial charge in [0, 0.05) is 12.7 Å². The van der Waals surface area contributed by atoms with E-state index in [2.05, 4.69) is 73.5 Å². The first kappa shape index (κ1) is 11.9. The molecule has 0 atom stereocenters. The van der Waals surface area contributed by atoms with E-state index in [4.69, 9.17) is 0 Å². The predicted molar refractivity (Wildman–Crippen MR) is 79.0 cm³/mol. The van der Waals surface area contributed by atoms with Crippen LogP contribution in [-0.2, 0) is 0 Å². The Labute approximate surface area is 114 Å². The van der Waals surface area contributed by atoms with Gasteiger partial charge in [0.1, 0.15) is 0 Å². The maximum Gasteiger partial charge on any atom is 0.0888 e. The average Bonchev–Trinajstić information content (AvgIpc) is 2.74. The van der Waals surface area contributed by atoms with Crippen molar-refractivity contribution in [1.29, 1.82) is 0 Å². The van der Waals surface area contributed by atoms with Crippen molar-refractivity contribution in [3.8, 4) is 0 Å². The van der Waals surface area contributed by atoms with Crippen LogP contribution in [0.5, 0.6) is 0 Å². The molecule has 1 aromatic rings. The molecule has 1 aromatic carbocycles. The third-order valence-corrected chi connectivity index (χ3v) is 3.90. The molecule has 0 unspecified atom stereocenters. The van der Waals surface area contributed by atoms with Gasteiger partial charge >= 0.3 is 0 Å². The standard InChI is InChI=1S/C16H19N3/c1-11-10-15-16(18(4)13(11)3)12(2)17-19(15)14-8-6-5-7-9-14/h5-10,17H,1-4H3. The number of hydrazine groups is 1. The van der Waals surface area contributed by atoms with E-state index in [9.17, 15) is 0 Å². The molecule has 0 bridgehead atoms. The molecule has 2 aliphatic heterocycles. The second-order valence-corrected chi connectivity index (χ2v) is 5.11. The summed E-state index contributed by atoms with van der Waals surface area (Å²) in [6, 6.07) is 10.4. The summed E-state index contributed by atoms with van der Waals surface area (Å²) in [5, 5.41) is 2.15. The highest BCUT2D eigenvalue weighted by molar-refractivity contribution is 5.63. The van der Waals surface area contributed by atoms with E-state index in [1.807, 2.05) is 6.07 Å². The molecule has 0 fully saturated rings. The normalized spacial score (nSPS) is 18.6. The van der Waals surface area contributed by atoms with Gasteiger partial charge in [-0.05, 0) is 44.6 Å². The molecule has 3 nitrogen and oxygen atoms in total. The highest BCUT2D eigenvalue weighted by Gasteiger charge is 2.31. The van der Waals surface area contributed by atoms with Crippen LogP contribution in [0, 0.1) is 0 Å². The number of nitrogens with one attached hydrogen (secondary N) is 1. The van der Waals surface area contributed by atoms with Crippen LogP contribution in [-0.4, -0.2) is 11.9 Å². The highest BCUT2D eigenvalue weighted by atomic mass is 15.6. The van der Waals surface area contributed by atoms with Crippen LogP contribution in [0.2, 0.25) is 0 Å². The zero-order valence-corrected chi connectivity index (χ0v) is 11.9. The van der Waals surface area contributed by atoms with Crippen LogP contribution in [0.15, 0.2) is 64.8 Å². The first-order chi connectivity index (χ1) is 9.09. The molecule has 0 aliphatic carbocycles. The van der Waals surface area contributed by atoms with E-state index in [1.165, 1.54) is 28.4 Å². The Bertz CT molecular complexity index is 608. The Morgan fingerprint density at radius 1 is 1.00 bits per heavy atom. The van der Waals surface area contributed by atoms with Gasteiger partial charge < -0.3 is 4.90 Å². The van der Waals surface area contributed by atoms with Gasteiger partial charge in [-0.25, -0.2) is 0 Å². The Hall–Kier alpha value is -2.16. The summed E-state index contributed by atoms with van der Waals surface area (Å²) in [4.78, 5) is 2.26. The quantitative estimate of drug-likeness (QED) is 0.828. The lowest BCUT2D eigenvalue weighted by Gasteiger charge is -2.30. The molecule has 0 radical (unpaired) electrons. The number of nitrogens with zero attached hydrogens (tertiary/aromatic N) is 2. The van der Waals surface area contributed by atoms with Gasteiger partial charge in [-0.2, -0.15) is 0 Å². The van der Waals surface area contributed by atoms with Gasteiger partial charge in [0.25, 0.3) is 0 Å². The van der Waals surface area contributed by atoms with E-state index < -0.39 is 0 Å². The monoisotopic (exact) mass is 253 g/mol. The summed E-state index contributed by atoms with van der Waals surface area (Å²) in [6.45, 7) is 6.44. The van der Waals surface area contributed by atoms with Crippen LogP contribution in [0.25, 0.3) is 0 Å². The minimum absolute atomic E-state index is 1.16. The molecule has 3 heteroatoms. The van der Waals surface area contributed by atoms with Crippen molar-refractivity contribution in [1.82, 2.24) is 10.3 Å². The highest BCUT2D eigenvalue weighted by Crippen LogP contribution is 2.36. The molecule has 19 heavy (non-hydrogen) atoms. The van der Waals surface area contributed by atoms with Crippen LogP contribution >= 0.6 is 0 Å². The van der Waals surface area contributed by atoms with E-state index in [0.717, 1.165) is 5.69 Å². The summed E-state index contributed by atoms with van der Waals surface area (Å²) < 4.78 is 0. The van der Waals surface area contributed by atoms with Gasteiger partial charge in [-0.1, -0.05) is 18.2 Å². The second-order valence-electron chi connectivity index (χ2n) is 5.11. The molecule has 1 N–H and O–H groups in total. The van der Waals surface area contributed by atoms with Crippen molar-refractivity contribution < 1.29 is 0 Å². The van der Waals surface area contributed by atoms with Crippen LogP contribution in [0.3, 0.4) is 0 Å². The summed E-state index contributed by atoms with van der Waals surface area (Å²) in [5.74, 6) is 0. The van der Waals surface area contributed by atoms with Gasteiger partial charge in [-0.15, -0.1) is 0 Å². The number of fused-ring (bicyclic) bond motifs is 1. The topological polar surface area (TPSA) is 18.5 Å². The Kier molecular flexibility index (Phi) is 2.63. The number of benzene rings is 1. The van der Waals surface area contributed by atoms with Crippen molar-refractivity contribution in [2.45, 2.75) is 20.8 Å². The zero-order valence-electron chi connectivity index (χ0n) is 11.9. The number of rotatable bonds is 1. The molecule has 2 aliphatic rings. The zero-order chi connectivity index (χ0) is 13.6. The molecule has 2 heterocycles. The Morgan fingerprint density at radius 2 is 1.68 bits per heavy atom. The number of likely N-dealkylation sites (N-methyl/N-ethyl adjacent to an activating group) is 1. The molecule has 0 aromatic heterocycles. The summed E-state index contributed by atoms with van der Waals surface area (Å²) in [5.41, 5.74) is 10.9. The molecular formula is C16H19N3. The Balaban J connectivity index is 2.09. The first-order valence-electron chi connectivity index (χ1n) is 6.55. The third-order valence-electron chi connectivity index (χ3n) is 3.90. The number of allylic oxidation sites excluding steroid dienone is 4. The predicted octanol–water partition coefficient (Wildman–Crippen LogP) is 3.37. The third kappa shape index (κ3) is 1.73. The Morgan fingerprint density at radius 3 is 2.37 bits per heavy atom. The number of hydrogen-bond donors (Lipinski definition) is 1. The van der Waals surface area contributed by atoms with Gasteiger partial charge in [0.05, 0.1) is 22.8 Å². The molecule has 3 rings (SSSR count). The lowest BCUT2D eigenvalue weighted by Crippen LogP contribution is -2.31. The maximum absolute atomic E-state index is 3.46. The molecule has 98 valence electrons. The minimum atomic E-state index is 1.16. The fraction of sp³-hybridized carbons (Fsp3) is 0.250. The lowest BCUT2D eigenvalue weighted by molar-refractivity contribution is 0.515. The van der Waals surface area contributed by atoms with Crippen molar-refractivity contribution >= 4 is 5.69 Å². The van der Waals surface area contributed by atoms with E-state index >= 15 is 0 Å². The SMILES string of the molecule is CC1=C(C)N(C)C2=C(C)NN(c3ccccc3)C2=C1. The molecule has 0 saturated carbocycles. The maximum atomic E-state index is 3.46. The van der Waals surface area contributed by atoms with Crippen LogP contribution in [0.1, 0.15) is 20.8 Å². The van der Waals surface area contributed by atoms with E-state index in [-0.39, 0.29) is 0 Å². The van der Waals surface area contributed by atoms with Crippen molar-refractivity contribution in [2.75, 3.05) is 12.1 Å². The summed E-state index contributed by atoms with van der Waals surface area (Å²) in [6.07, 6.45) is 2.25. The summed E-state index contributed by atoms with van der Waals surface area (Å²) in [7, 11) is 2.13. The number of anilines is 1. The smallest absolute Gasteiger partial charge is 0.0888 e. The van der Waals surface area contributed by atoms with E-state index in [1.54, 1.807) is 0 Å². The minimum Gasteiger partial charge on any atom is -0.345 e. The average molecular weight is 253 g/mol. The van der Waals surface area contributed by atoms with Gasteiger partial charge in [-0.3, -0.25) is 10.4 Å². The molecule has 0 spiro atoms. The van der Waals surface area contributed by atoms with Gasteiger partial charge in [0.15, 0.2) is 0 Å². The van der Waals surface area contributed by atoms with Gasteiger partial charge in [0.2, 0.25) is 0 Å². The molecular weight excluding hydrogens is 234 g/mol. The second kappa shape index (κ2) is 4.19. The largest absolute Gasteiger partial charge is 0.345 e. The van der Waals surface area contributed by atoms with E-state index in [0.29, 0.717) is 0 Å². The van der Waals surface area contributed by atoms with Crippen molar-refractivity contribution in [2.24, 2.45) is 0 Å². The lowest BCUT2D eigenvalue weighted by atomic mass is 10.1. The first-order valence-corrected chi connectivity index (χ1v) is 6.55. The molecule has 0 saturated heterocycles. The van der Waals surface area contributed by atoms with Crippen molar-refractivity contribution in [3.05, 3.63) is 64.8 Å². The van der Waals surface area contributed by atoms with Crippen LogP contribution < -0.4 is 10.4 Å². The molecule has 0 amide bonds. The number of hydrogen-bond acceptors (Lipinski definition) is 3. The summed E-state index contributed by atoms with van der Waals surface area (Å²) >= 11 is 0. The van der Waals surface area contributed by atoms with Crippen molar-refractivity contribution in [3.63, 3.8) is 0 Å². The fourth-order valence-corrected chi connectivity index (χ4v) is 2.66. The number of para-hydroxylation sites is 1.